The Balaban J connectivity index is 1.70. The van der Waals surface area contributed by atoms with Crippen LogP contribution in [0.15, 0.2) is 54.6 Å². The first-order chi connectivity index (χ1) is 14.0. The lowest BCUT2D eigenvalue weighted by molar-refractivity contribution is 0.314. The fourth-order valence-corrected chi connectivity index (χ4v) is 3.39. The standard InChI is InChI=1S/C25H25F3O/c1-3-5-18-9-13-20(22(26)16-18)12-8-17-6-10-19(11-7-17)21-14-15-23(29-4-2)25(28)24(21)27/h6-7,9-11,13-16H,3-5,8,12H2,1-2H3. The van der Waals surface area contributed by atoms with Crippen molar-refractivity contribution >= 4 is 0 Å². The maximum absolute atomic E-state index is 14.4. The highest BCUT2D eigenvalue weighted by molar-refractivity contribution is 5.65. The Morgan fingerprint density at radius 2 is 1.45 bits per heavy atom. The van der Waals surface area contributed by atoms with E-state index in [0.29, 0.717) is 24.0 Å². The molecule has 0 N–H and O–H groups in total. The van der Waals surface area contributed by atoms with Crippen LogP contribution in [0.4, 0.5) is 13.2 Å². The molecule has 0 atom stereocenters. The van der Waals surface area contributed by atoms with Crippen molar-refractivity contribution in [2.45, 2.75) is 39.5 Å². The second-order valence-corrected chi connectivity index (χ2v) is 7.04. The summed E-state index contributed by atoms with van der Waals surface area (Å²) in [7, 11) is 0. The number of rotatable bonds is 8. The molecular formula is C25H25F3O. The molecule has 0 aliphatic heterocycles. The highest BCUT2D eigenvalue weighted by Crippen LogP contribution is 2.30. The average Bonchev–Trinajstić information content (AvgIpc) is 2.72. The molecule has 0 heterocycles. The second-order valence-electron chi connectivity index (χ2n) is 7.04. The van der Waals surface area contributed by atoms with Gasteiger partial charge in [-0.3, -0.25) is 0 Å². The monoisotopic (exact) mass is 398 g/mol. The van der Waals surface area contributed by atoms with Crippen molar-refractivity contribution in [1.29, 1.82) is 0 Å². The third kappa shape index (κ3) is 5.00. The van der Waals surface area contributed by atoms with Crippen LogP contribution in [0.25, 0.3) is 11.1 Å². The molecule has 0 saturated heterocycles. The van der Waals surface area contributed by atoms with Gasteiger partial charge in [0.05, 0.1) is 6.61 Å². The molecular weight excluding hydrogens is 373 g/mol. The number of halogens is 3. The lowest BCUT2D eigenvalue weighted by Gasteiger charge is -2.10. The Bertz CT molecular complexity index is 965. The van der Waals surface area contributed by atoms with Gasteiger partial charge in [0.15, 0.2) is 11.6 Å². The van der Waals surface area contributed by atoms with Crippen LogP contribution >= 0.6 is 0 Å². The lowest BCUT2D eigenvalue weighted by Crippen LogP contribution is -1.99. The molecule has 152 valence electrons. The van der Waals surface area contributed by atoms with Crippen molar-refractivity contribution in [1.82, 2.24) is 0 Å². The highest BCUT2D eigenvalue weighted by Gasteiger charge is 2.15. The third-order valence-corrected chi connectivity index (χ3v) is 4.95. The van der Waals surface area contributed by atoms with Crippen molar-refractivity contribution < 1.29 is 17.9 Å². The number of aryl methyl sites for hydroxylation is 3. The Morgan fingerprint density at radius 3 is 2.10 bits per heavy atom. The van der Waals surface area contributed by atoms with Gasteiger partial charge in [-0.1, -0.05) is 49.7 Å². The first kappa shape index (κ1) is 21.0. The van der Waals surface area contributed by atoms with Gasteiger partial charge >= 0.3 is 0 Å². The molecule has 0 fully saturated rings. The lowest BCUT2D eigenvalue weighted by atomic mass is 9.98. The van der Waals surface area contributed by atoms with Crippen LogP contribution in [0, 0.1) is 17.5 Å². The maximum Gasteiger partial charge on any atom is 0.201 e. The SMILES string of the molecule is CCCc1ccc(CCc2ccc(-c3ccc(OCC)c(F)c3F)cc2)c(F)c1. The number of hydrogen-bond donors (Lipinski definition) is 0. The van der Waals surface area contributed by atoms with Gasteiger partial charge in [-0.2, -0.15) is 4.39 Å². The molecule has 3 rings (SSSR count). The first-order valence-electron chi connectivity index (χ1n) is 10.0. The van der Waals surface area contributed by atoms with E-state index in [9.17, 15) is 13.2 Å². The number of benzene rings is 3. The van der Waals surface area contributed by atoms with E-state index < -0.39 is 11.6 Å². The molecule has 0 aliphatic carbocycles. The van der Waals surface area contributed by atoms with E-state index in [4.69, 9.17) is 4.74 Å². The van der Waals surface area contributed by atoms with Crippen LogP contribution in [0.1, 0.15) is 37.0 Å². The maximum atomic E-state index is 14.4. The summed E-state index contributed by atoms with van der Waals surface area (Å²) in [5.74, 6) is -2.15. The van der Waals surface area contributed by atoms with Crippen molar-refractivity contribution in [3.05, 3.63) is 88.7 Å². The van der Waals surface area contributed by atoms with E-state index in [2.05, 4.69) is 6.92 Å². The summed E-state index contributed by atoms with van der Waals surface area (Å²) in [5, 5.41) is 0. The van der Waals surface area contributed by atoms with Crippen molar-refractivity contribution in [2.24, 2.45) is 0 Å². The van der Waals surface area contributed by atoms with E-state index >= 15 is 0 Å². The zero-order valence-corrected chi connectivity index (χ0v) is 16.8. The van der Waals surface area contributed by atoms with E-state index in [1.54, 1.807) is 25.1 Å². The van der Waals surface area contributed by atoms with Gasteiger partial charge < -0.3 is 4.74 Å². The zero-order chi connectivity index (χ0) is 20.8. The van der Waals surface area contributed by atoms with Crippen LogP contribution in [-0.2, 0) is 19.3 Å². The molecule has 0 amide bonds. The fraction of sp³-hybridized carbons (Fsp3) is 0.280. The van der Waals surface area contributed by atoms with Crippen LogP contribution in [0.2, 0.25) is 0 Å². The zero-order valence-electron chi connectivity index (χ0n) is 16.8. The van der Waals surface area contributed by atoms with E-state index in [1.165, 1.54) is 12.1 Å². The summed E-state index contributed by atoms with van der Waals surface area (Å²) in [6.07, 6.45) is 3.12. The van der Waals surface area contributed by atoms with Gasteiger partial charge in [0.25, 0.3) is 0 Å². The van der Waals surface area contributed by atoms with E-state index in [1.807, 2.05) is 24.3 Å². The van der Waals surface area contributed by atoms with Gasteiger partial charge in [-0.15, -0.1) is 0 Å². The summed E-state index contributed by atoms with van der Waals surface area (Å²) in [4.78, 5) is 0. The van der Waals surface area contributed by atoms with Gasteiger partial charge in [0.2, 0.25) is 5.82 Å². The minimum Gasteiger partial charge on any atom is -0.491 e. The highest BCUT2D eigenvalue weighted by atomic mass is 19.2. The largest absolute Gasteiger partial charge is 0.491 e. The summed E-state index contributed by atoms with van der Waals surface area (Å²) >= 11 is 0. The van der Waals surface area contributed by atoms with E-state index in [-0.39, 0.29) is 23.7 Å². The first-order valence-corrected chi connectivity index (χ1v) is 10.0. The van der Waals surface area contributed by atoms with Crippen LogP contribution in [-0.4, -0.2) is 6.61 Å². The second kappa shape index (κ2) is 9.64. The normalized spacial score (nSPS) is 10.9. The molecule has 0 saturated carbocycles. The molecule has 0 radical (unpaired) electrons. The summed E-state index contributed by atoms with van der Waals surface area (Å²) in [6.45, 7) is 4.06. The predicted molar refractivity (Wildman–Crippen MR) is 111 cm³/mol. The summed E-state index contributed by atoms with van der Waals surface area (Å²) < 4.78 is 47.8. The Morgan fingerprint density at radius 1 is 0.724 bits per heavy atom. The van der Waals surface area contributed by atoms with Crippen LogP contribution in [0.5, 0.6) is 5.75 Å². The van der Waals surface area contributed by atoms with Gasteiger partial charge in [-0.25, -0.2) is 8.78 Å². The molecule has 29 heavy (non-hydrogen) atoms. The van der Waals surface area contributed by atoms with Gasteiger partial charge in [-0.05, 0) is 66.6 Å². The molecule has 0 aromatic heterocycles. The fourth-order valence-electron chi connectivity index (χ4n) is 3.39. The van der Waals surface area contributed by atoms with Crippen molar-refractivity contribution in [3.8, 4) is 16.9 Å². The summed E-state index contributed by atoms with van der Waals surface area (Å²) in [6, 6.07) is 15.7. The molecule has 3 aromatic rings. The molecule has 0 bridgehead atoms. The molecule has 1 nitrogen and oxygen atoms in total. The van der Waals surface area contributed by atoms with Crippen molar-refractivity contribution in [3.63, 3.8) is 0 Å². The topological polar surface area (TPSA) is 9.23 Å². The molecule has 0 unspecified atom stereocenters. The third-order valence-electron chi connectivity index (χ3n) is 4.95. The Kier molecular flexibility index (Phi) is 6.97. The Labute approximate surface area is 170 Å². The molecule has 0 spiro atoms. The number of hydrogen-bond acceptors (Lipinski definition) is 1. The Hall–Kier alpha value is -2.75. The molecule has 3 aromatic carbocycles. The predicted octanol–water partition coefficient (Wildman–Crippen LogP) is 6.91. The number of ether oxygens (including phenoxy) is 1. The minimum absolute atomic E-state index is 0.0858. The summed E-state index contributed by atoms with van der Waals surface area (Å²) in [5.41, 5.74) is 3.49. The van der Waals surface area contributed by atoms with Crippen molar-refractivity contribution in [2.75, 3.05) is 6.61 Å². The van der Waals surface area contributed by atoms with Crippen LogP contribution in [0.3, 0.4) is 0 Å². The van der Waals surface area contributed by atoms with Crippen LogP contribution < -0.4 is 4.74 Å². The average molecular weight is 398 g/mol. The van der Waals surface area contributed by atoms with Gasteiger partial charge in [0, 0.05) is 5.56 Å². The van der Waals surface area contributed by atoms with Gasteiger partial charge in [0.1, 0.15) is 5.82 Å². The molecule has 0 aliphatic rings. The van der Waals surface area contributed by atoms with E-state index in [0.717, 1.165) is 24.0 Å². The quantitative estimate of drug-likeness (QED) is 0.401. The minimum atomic E-state index is -0.976. The smallest absolute Gasteiger partial charge is 0.201 e. The molecule has 4 heteroatoms.